The Morgan fingerprint density at radius 3 is 2.48 bits per heavy atom. The fraction of sp³-hybridized carbons (Fsp3) is 0.360. The molecule has 0 unspecified atom stereocenters. The van der Waals surface area contributed by atoms with Gasteiger partial charge in [-0.3, -0.25) is 4.79 Å². The molecule has 0 radical (unpaired) electrons. The molecule has 1 saturated carbocycles. The maximum atomic E-state index is 13.3. The van der Waals surface area contributed by atoms with E-state index in [1.54, 1.807) is 42.5 Å². The standard InChI is InChI=1S/C25H26F3N3O2/c1-2-33-19-7-5-6-16(14-19)24(32)30-18-12-10-17(11-13-18)29-22-15-23(25(26,27)28)31-21-9-4-3-8-20(21)22/h3-9,14-15,17-18H,2,10-13H2,1H3,(H,29,31)(H,30,32)/t17-,18+. The number of hydrogen-bond acceptors (Lipinski definition) is 4. The fourth-order valence-corrected chi connectivity index (χ4v) is 4.20. The molecule has 174 valence electrons. The van der Waals surface area contributed by atoms with E-state index in [-0.39, 0.29) is 18.0 Å². The van der Waals surface area contributed by atoms with Crippen LogP contribution in [0.25, 0.3) is 10.9 Å². The molecule has 2 aromatic carbocycles. The van der Waals surface area contributed by atoms with E-state index in [1.165, 1.54) is 0 Å². The summed E-state index contributed by atoms with van der Waals surface area (Å²) >= 11 is 0. The Morgan fingerprint density at radius 1 is 1.03 bits per heavy atom. The fourth-order valence-electron chi connectivity index (χ4n) is 4.20. The minimum atomic E-state index is -4.51. The van der Waals surface area contributed by atoms with Crippen LogP contribution in [-0.2, 0) is 6.18 Å². The van der Waals surface area contributed by atoms with Gasteiger partial charge in [-0.15, -0.1) is 0 Å². The minimum absolute atomic E-state index is 0.0196. The number of para-hydroxylation sites is 1. The van der Waals surface area contributed by atoms with Gasteiger partial charge in [-0.1, -0.05) is 24.3 Å². The van der Waals surface area contributed by atoms with Crippen molar-refractivity contribution in [3.05, 3.63) is 65.9 Å². The van der Waals surface area contributed by atoms with Crippen LogP contribution in [0.2, 0.25) is 0 Å². The van der Waals surface area contributed by atoms with Gasteiger partial charge in [-0.25, -0.2) is 4.98 Å². The van der Waals surface area contributed by atoms with Crippen molar-refractivity contribution in [2.75, 3.05) is 11.9 Å². The highest BCUT2D eigenvalue weighted by atomic mass is 19.4. The van der Waals surface area contributed by atoms with Gasteiger partial charge in [-0.2, -0.15) is 13.2 Å². The van der Waals surface area contributed by atoms with Crippen LogP contribution in [0.1, 0.15) is 48.7 Å². The van der Waals surface area contributed by atoms with Crippen molar-refractivity contribution < 1.29 is 22.7 Å². The van der Waals surface area contributed by atoms with Crippen molar-refractivity contribution in [3.63, 3.8) is 0 Å². The molecule has 5 nitrogen and oxygen atoms in total. The highest BCUT2D eigenvalue weighted by Gasteiger charge is 2.34. The van der Waals surface area contributed by atoms with Crippen LogP contribution < -0.4 is 15.4 Å². The van der Waals surface area contributed by atoms with Crippen molar-refractivity contribution in [3.8, 4) is 5.75 Å². The van der Waals surface area contributed by atoms with E-state index in [1.807, 2.05) is 13.0 Å². The number of nitrogens with zero attached hydrogens (tertiary/aromatic N) is 1. The number of pyridine rings is 1. The van der Waals surface area contributed by atoms with E-state index >= 15 is 0 Å². The van der Waals surface area contributed by atoms with E-state index in [2.05, 4.69) is 15.6 Å². The number of aromatic nitrogens is 1. The molecule has 0 spiro atoms. The number of hydrogen-bond donors (Lipinski definition) is 2. The number of amides is 1. The van der Waals surface area contributed by atoms with Gasteiger partial charge in [0.25, 0.3) is 5.91 Å². The lowest BCUT2D eigenvalue weighted by molar-refractivity contribution is -0.140. The normalized spacial score (nSPS) is 18.7. The maximum absolute atomic E-state index is 13.3. The molecule has 0 aliphatic heterocycles. The summed E-state index contributed by atoms with van der Waals surface area (Å²) < 4.78 is 45.4. The summed E-state index contributed by atoms with van der Waals surface area (Å²) in [5.74, 6) is 0.503. The number of halogens is 3. The third kappa shape index (κ3) is 5.56. The van der Waals surface area contributed by atoms with Gasteiger partial charge < -0.3 is 15.4 Å². The summed E-state index contributed by atoms with van der Waals surface area (Å²) in [5, 5.41) is 7.02. The Morgan fingerprint density at radius 2 is 1.76 bits per heavy atom. The number of anilines is 1. The first-order valence-corrected chi connectivity index (χ1v) is 11.1. The summed E-state index contributed by atoms with van der Waals surface area (Å²) in [4.78, 5) is 16.4. The molecule has 1 aromatic heterocycles. The second kappa shape index (κ2) is 9.68. The first-order valence-electron chi connectivity index (χ1n) is 11.1. The summed E-state index contributed by atoms with van der Waals surface area (Å²) in [6, 6.07) is 15.0. The minimum Gasteiger partial charge on any atom is -0.494 e. The molecule has 0 saturated heterocycles. The molecule has 1 heterocycles. The van der Waals surface area contributed by atoms with Gasteiger partial charge >= 0.3 is 6.18 Å². The van der Waals surface area contributed by atoms with Gasteiger partial charge in [0.1, 0.15) is 11.4 Å². The largest absolute Gasteiger partial charge is 0.494 e. The molecular weight excluding hydrogens is 431 g/mol. The SMILES string of the molecule is CCOc1cccc(C(=O)N[C@H]2CC[C@@H](Nc3cc(C(F)(F)F)nc4ccccc34)CC2)c1. The van der Waals surface area contributed by atoms with Gasteiger partial charge in [0.05, 0.1) is 12.1 Å². The molecule has 33 heavy (non-hydrogen) atoms. The molecule has 1 amide bonds. The quantitative estimate of drug-likeness (QED) is 0.491. The summed E-state index contributed by atoms with van der Waals surface area (Å²) in [6.07, 6.45) is -1.56. The Labute approximate surface area is 190 Å². The van der Waals surface area contributed by atoms with Crippen LogP contribution in [0.15, 0.2) is 54.6 Å². The summed E-state index contributed by atoms with van der Waals surface area (Å²) in [6.45, 7) is 2.41. The van der Waals surface area contributed by atoms with Crippen molar-refractivity contribution in [1.82, 2.24) is 10.3 Å². The zero-order valence-electron chi connectivity index (χ0n) is 18.3. The average Bonchev–Trinajstić information content (AvgIpc) is 2.80. The lowest BCUT2D eigenvalue weighted by atomic mass is 9.90. The van der Waals surface area contributed by atoms with Crippen molar-refractivity contribution in [2.24, 2.45) is 0 Å². The first kappa shape index (κ1) is 22.9. The Kier molecular flexibility index (Phi) is 6.72. The average molecular weight is 457 g/mol. The van der Waals surface area contributed by atoms with Crippen molar-refractivity contribution in [2.45, 2.75) is 50.9 Å². The van der Waals surface area contributed by atoms with Gasteiger partial charge in [0.2, 0.25) is 0 Å². The monoisotopic (exact) mass is 457 g/mol. The van der Waals surface area contributed by atoms with E-state index < -0.39 is 11.9 Å². The Hall–Kier alpha value is -3.29. The van der Waals surface area contributed by atoms with Crippen LogP contribution >= 0.6 is 0 Å². The molecule has 0 atom stereocenters. The number of ether oxygens (including phenoxy) is 1. The number of carbonyl (C=O) groups is 1. The number of alkyl halides is 3. The van der Waals surface area contributed by atoms with E-state index in [0.717, 1.165) is 31.7 Å². The van der Waals surface area contributed by atoms with E-state index in [4.69, 9.17) is 4.74 Å². The van der Waals surface area contributed by atoms with Gasteiger partial charge in [0, 0.05) is 28.7 Å². The number of fused-ring (bicyclic) bond motifs is 1. The predicted molar refractivity (Wildman–Crippen MR) is 121 cm³/mol. The molecular formula is C25H26F3N3O2. The number of benzene rings is 2. The van der Waals surface area contributed by atoms with Crippen LogP contribution in [0, 0.1) is 0 Å². The van der Waals surface area contributed by atoms with E-state index in [0.29, 0.717) is 34.5 Å². The van der Waals surface area contributed by atoms with Crippen molar-refractivity contribution >= 4 is 22.5 Å². The highest BCUT2D eigenvalue weighted by molar-refractivity contribution is 5.94. The Balaban J connectivity index is 1.39. The summed E-state index contributed by atoms with van der Waals surface area (Å²) in [7, 11) is 0. The van der Waals surface area contributed by atoms with Crippen molar-refractivity contribution in [1.29, 1.82) is 0 Å². The molecule has 2 N–H and O–H groups in total. The number of rotatable bonds is 6. The predicted octanol–water partition coefficient (Wildman–Crippen LogP) is 5.81. The first-order chi connectivity index (χ1) is 15.8. The second-order valence-electron chi connectivity index (χ2n) is 8.20. The van der Waals surface area contributed by atoms with E-state index in [9.17, 15) is 18.0 Å². The zero-order chi connectivity index (χ0) is 23.4. The molecule has 1 aliphatic rings. The van der Waals surface area contributed by atoms with Crippen LogP contribution in [0.5, 0.6) is 5.75 Å². The molecule has 1 fully saturated rings. The van der Waals surface area contributed by atoms with Crippen LogP contribution in [0.3, 0.4) is 0 Å². The molecule has 0 bridgehead atoms. The Bertz CT molecular complexity index is 1130. The van der Waals surface area contributed by atoms with Crippen LogP contribution in [0.4, 0.5) is 18.9 Å². The maximum Gasteiger partial charge on any atom is 0.433 e. The molecule has 1 aliphatic carbocycles. The highest BCUT2D eigenvalue weighted by Crippen LogP contribution is 2.34. The van der Waals surface area contributed by atoms with Gasteiger partial charge in [-0.05, 0) is 62.9 Å². The number of nitrogens with one attached hydrogen (secondary N) is 2. The second-order valence-corrected chi connectivity index (χ2v) is 8.20. The summed E-state index contributed by atoms with van der Waals surface area (Å²) in [5.41, 5.74) is 0.390. The smallest absolute Gasteiger partial charge is 0.433 e. The molecule has 4 rings (SSSR count). The third-order valence-corrected chi connectivity index (χ3v) is 5.84. The molecule has 3 aromatic rings. The zero-order valence-corrected chi connectivity index (χ0v) is 18.3. The van der Waals surface area contributed by atoms with Crippen LogP contribution in [-0.4, -0.2) is 29.6 Å². The lowest BCUT2D eigenvalue weighted by Gasteiger charge is -2.30. The number of carbonyl (C=O) groups excluding carboxylic acids is 1. The molecule has 8 heteroatoms. The lowest BCUT2D eigenvalue weighted by Crippen LogP contribution is -2.40. The topological polar surface area (TPSA) is 63.2 Å². The third-order valence-electron chi connectivity index (χ3n) is 5.84. The van der Waals surface area contributed by atoms with Gasteiger partial charge in [0.15, 0.2) is 0 Å².